The summed E-state index contributed by atoms with van der Waals surface area (Å²) in [5.74, 6) is 1.06. The molecule has 0 saturated carbocycles. The van der Waals surface area contributed by atoms with Crippen LogP contribution in [0.3, 0.4) is 0 Å². The van der Waals surface area contributed by atoms with E-state index in [1.165, 1.54) is 24.0 Å². The Balaban J connectivity index is 1.25. The summed E-state index contributed by atoms with van der Waals surface area (Å²) in [6.45, 7) is 6.00. The molecule has 3 fully saturated rings. The molecule has 0 unspecified atom stereocenters. The lowest BCUT2D eigenvalue weighted by atomic mass is 9.72. The second-order valence-corrected chi connectivity index (χ2v) is 9.64. The van der Waals surface area contributed by atoms with E-state index < -0.39 is 0 Å². The fraction of sp³-hybridized carbons (Fsp3) is 0.708. The van der Waals surface area contributed by atoms with Crippen LogP contribution in [-0.2, 0) is 10.2 Å². The molecule has 5 nitrogen and oxygen atoms in total. The first-order chi connectivity index (χ1) is 14.2. The predicted octanol–water partition coefficient (Wildman–Crippen LogP) is 2.45. The maximum Gasteiger partial charge on any atom is 0.222 e. The largest absolute Gasteiger partial charge is 0.390 e. The van der Waals surface area contributed by atoms with Crippen molar-refractivity contribution in [3.63, 3.8) is 0 Å². The molecule has 3 aliphatic heterocycles. The summed E-state index contributed by atoms with van der Waals surface area (Å²) in [6, 6.07) is 8.95. The Kier molecular flexibility index (Phi) is 5.39. The SMILES string of the molecule is O=C1CCCN1CCC1CCN([C@@H]2c3ccccc3C3(CCNCC3)[C@H]2O)CC1. The average Bonchev–Trinajstić information content (AvgIpc) is 3.27. The minimum Gasteiger partial charge on any atom is -0.390 e. The van der Waals surface area contributed by atoms with Gasteiger partial charge in [0.05, 0.1) is 12.1 Å². The van der Waals surface area contributed by atoms with Crippen molar-refractivity contribution in [2.75, 3.05) is 39.3 Å². The van der Waals surface area contributed by atoms with Crippen molar-refractivity contribution < 1.29 is 9.90 Å². The van der Waals surface area contributed by atoms with Gasteiger partial charge in [0, 0.05) is 24.9 Å². The Morgan fingerprint density at radius 2 is 1.86 bits per heavy atom. The van der Waals surface area contributed by atoms with Crippen molar-refractivity contribution in [2.45, 2.75) is 62.5 Å². The number of nitrogens with zero attached hydrogens (tertiary/aromatic N) is 2. The summed E-state index contributed by atoms with van der Waals surface area (Å²) < 4.78 is 0. The molecule has 1 aromatic rings. The zero-order valence-electron chi connectivity index (χ0n) is 17.5. The molecule has 3 heterocycles. The summed E-state index contributed by atoms with van der Waals surface area (Å²) in [5, 5.41) is 15.0. The summed E-state index contributed by atoms with van der Waals surface area (Å²) in [7, 11) is 0. The first kappa shape index (κ1) is 19.5. The molecule has 1 amide bonds. The van der Waals surface area contributed by atoms with Crippen LogP contribution in [-0.4, -0.2) is 66.2 Å². The van der Waals surface area contributed by atoms with Gasteiger partial charge in [-0.2, -0.15) is 0 Å². The van der Waals surface area contributed by atoms with Gasteiger partial charge in [0.2, 0.25) is 5.91 Å². The van der Waals surface area contributed by atoms with Gasteiger partial charge in [-0.1, -0.05) is 24.3 Å². The lowest BCUT2D eigenvalue weighted by Gasteiger charge is -2.42. The number of piperidine rings is 2. The van der Waals surface area contributed by atoms with E-state index in [4.69, 9.17) is 0 Å². The third-order valence-corrected chi connectivity index (χ3v) is 8.20. The van der Waals surface area contributed by atoms with Crippen LogP contribution < -0.4 is 5.32 Å². The Bertz CT molecular complexity index is 737. The number of carbonyl (C=O) groups excluding carboxylic acids is 1. The van der Waals surface area contributed by atoms with Gasteiger partial charge in [0.15, 0.2) is 0 Å². The zero-order chi connectivity index (χ0) is 19.8. The van der Waals surface area contributed by atoms with E-state index in [1.807, 2.05) is 0 Å². The van der Waals surface area contributed by atoms with E-state index >= 15 is 0 Å². The molecule has 5 heteroatoms. The molecular weight excluding hydrogens is 362 g/mol. The molecule has 1 spiro atoms. The predicted molar refractivity (Wildman–Crippen MR) is 114 cm³/mol. The summed E-state index contributed by atoms with van der Waals surface area (Å²) in [5.41, 5.74) is 2.69. The quantitative estimate of drug-likeness (QED) is 0.820. The van der Waals surface area contributed by atoms with Crippen molar-refractivity contribution >= 4 is 5.91 Å². The van der Waals surface area contributed by atoms with E-state index in [0.717, 1.165) is 71.4 Å². The summed E-state index contributed by atoms with van der Waals surface area (Å²) in [6.07, 6.45) is 7.04. The van der Waals surface area contributed by atoms with Crippen molar-refractivity contribution in [3.05, 3.63) is 35.4 Å². The molecule has 158 valence electrons. The number of rotatable bonds is 4. The number of nitrogens with one attached hydrogen (secondary N) is 1. The number of amides is 1. The second kappa shape index (κ2) is 8.01. The highest BCUT2D eigenvalue weighted by Crippen LogP contribution is 2.52. The number of carbonyl (C=O) groups is 1. The molecular formula is C24H35N3O2. The van der Waals surface area contributed by atoms with Crippen LogP contribution in [0.1, 0.15) is 62.1 Å². The molecule has 2 N–H and O–H groups in total. The highest BCUT2D eigenvalue weighted by atomic mass is 16.3. The zero-order valence-corrected chi connectivity index (χ0v) is 17.5. The van der Waals surface area contributed by atoms with Crippen LogP contribution in [0.15, 0.2) is 24.3 Å². The highest BCUT2D eigenvalue weighted by Gasteiger charge is 2.53. The second-order valence-electron chi connectivity index (χ2n) is 9.64. The van der Waals surface area contributed by atoms with E-state index in [-0.39, 0.29) is 17.6 Å². The molecule has 3 saturated heterocycles. The highest BCUT2D eigenvalue weighted by molar-refractivity contribution is 5.78. The normalized spacial score (nSPS) is 30.2. The van der Waals surface area contributed by atoms with E-state index in [9.17, 15) is 9.90 Å². The molecule has 29 heavy (non-hydrogen) atoms. The Hall–Kier alpha value is -1.43. The fourth-order valence-corrected chi connectivity index (χ4v) is 6.47. The van der Waals surface area contributed by atoms with Gasteiger partial charge in [0.1, 0.15) is 0 Å². The lowest BCUT2D eigenvalue weighted by molar-refractivity contribution is -0.127. The maximum absolute atomic E-state index is 11.9. The first-order valence-corrected chi connectivity index (χ1v) is 11.7. The Labute approximate surface area is 174 Å². The topological polar surface area (TPSA) is 55.8 Å². The van der Waals surface area contributed by atoms with Crippen molar-refractivity contribution in [1.29, 1.82) is 0 Å². The minimum absolute atomic E-state index is 0.0700. The minimum atomic E-state index is -0.305. The molecule has 5 rings (SSSR count). The summed E-state index contributed by atoms with van der Waals surface area (Å²) >= 11 is 0. The number of aliphatic hydroxyl groups excluding tert-OH is 1. The molecule has 0 bridgehead atoms. The molecule has 1 aliphatic carbocycles. The van der Waals surface area contributed by atoms with E-state index in [2.05, 4.69) is 39.4 Å². The van der Waals surface area contributed by atoms with Crippen LogP contribution in [0, 0.1) is 5.92 Å². The van der Waals surface area contributed by atoms with Crippen molar-refractivity contribution in [3.8, 4) is 0 Å². The molecule has 0 radical (unpaired) electrons. The number of hydrogen-bond acceptors (Lipinski definition) is 4. The van der Waals surface area contributed by atoms with Crippen molar-refractivity contribution in [1.82, 2.24) is 15.1 Å². The van der Waals surface area contributed by atoms with Crippen LogP contribution in [0.2, 0.25) is 0 Å². The molecule has 0 aromatic heterocycles. The van der Waals surface area contributed by atoms with Gasteiger partial charge in [0.25, 0.3) is 0 Å². The van der Waals surface area contributed by atoms with Gasteiger partial charge in [-0.3, -0.25) is 9.69 Å². The van der Waals surface area contributed by atoms with Gasteiger partial charge in [-0.05, 0) is 81.7 Å². The van der Waals surface area contributed by atoms with Gasteiger partial charge < -0.3 is 15.3 Å². The van der Waals surface area contributed by atoms with Crippen LogP contribution in [0.4, 0.5) is 0 Å². The smallest absolute Gasteiger partial charge is 0.222 e. The standard InChI is InChI=1S/C24H35N3O2/c28-21-6-3-14-26(21)15-7-18-8-16-27(17-9-18)22-19-4-1-2-5-20(19)24(23(22)29)10-12-25-13-11-24/h1-2,4-5,18,22-23,25,29H,3,6-17H2/t22-,23+/m1/s1. The third kappa shape index (κ3) is 3.41. The number of benzene rings is 1. The number of fused-ring (bicyclic) bond motifs is 2. The average molecular weight is 398 g/mol. The number of likely N-dealkylation sites (tertiary alicyclic amines) is 2. The van der Waals surface area contributed by atoms with Crippen molar-refractivity contribution in [2.24, 2.45) is 5.92 Å². The summed E-state index contributed by atoms with van der Waals surface area (Å²) in [4.78, 5) is 16.5. The van der Waals surface area contributed by atoms with Gasteiger partial charge >= 0.3 is 0 Å². The van der Waals surface area contributed by atoms with Gasteiger partial charge in [-0.25, -0.2) is 0 Å². The maximum atomic E-state index is 11.9. The molecule has 2 atom stereocenters. The fourth-order valence-electron chi connectivity index (χ4n) is 6.47. The van der Waals surface area contributed by atoms with E-state index in [0.29, 0.717) is 11.8 Å². The van der Waals surface area contributed by atoms with Crippen LogP contribution in [0.25, 0.3) is 0 Å². The number of aliphatic hydroxyl groups is 1. The van der Waals surface area contributed by atoms with Crippen LogP contribution >= 0.6 is 0 Å². The Morgan fingerprint density at radius 1 is 1.10 bits per heavy atom. The van der Waals surface area contributed by atoms with Gasteiger partial charge in [-0.15, -0.1) is 0 Å². The number of hydrogen-bond donors (Lipinski definition) is 2. The Morgan fingerprint density at radius 3 is 2.59 bits per heavy atom. The third-order valence-electron chi connectivity index (χ3n) is 8.20. The molecule has 4 aliphatic rings. The lowest BCUT2D eigenvalue weighted by Crippen LogP contribution is -2.49. The first-order valence-electron chi connectivity index (χ1n) is 11.7. The monoisotopic (exact) mass is 397 g/mol. The molecule has 1 aromatic carbocycles. The van der Waals surface area contributed by atoms with Crippen LogP contribution in [0.5, 0.6) is 0 Å². The van der Waals surface area contributed by atoms with E-state index in [1.54, 1.807) is 0 Å².